The van der Waals surface area contributed by atoms with E-state index in [1.165, 1.54) is 22.2 Å². The average molecular weight is 364 g/mol. The molecule has 25 heavy (non-hydrogen) atoms. The molecule has 0 spiro atoms. The van der Waals surface area contributed by atoms with Crippen LogP contribution in [-0.4, -0.2) is 34.0 Å². The number of nitrogens with one attached hydrogen (secondary N) is 2. The van der Waals surface area contributed by atoms with E-state index in [1.54, 1.807) is 6.92 Å². The van der Waals surface area contributed by atoms with Gasteiger partial charge in [-0.25, -0.2) is 4.98 Å². The number of fused-ring (bicyclic) bond motifs is 1. The Morgan fingerprint density at radius 2 is 2.08 bits per heavy atom. The number of hydrogen-bond donors (Lipinski definition) is 2. The van der Waals surface area contributed by atoms with Gasteiger partial charge >= 0.3 is 0 Å². The van der Waals surface area contributed by atoms with Crippen molar-refractivity contribution in [2.24, 2.45) is 0 Å². The number of rotatable bonds is 7. The highest BCUT2D eigenvalue weighted by molar-refractivity contribution is 7.20. The number of carbonyl (C=O) groups is 2. The molecule has 8 heteroatoms. The van der Waals surface area contributed by atoms with Crippen molar-refractivity contribution in [3.05, 3.63) is 27.1 Å². The van der Waals surface area contributed by atoms with Gasteiger partial charge in [-0.15, -0.1) is 11.3 Å². The van der Waals surface area contributed by atoms with Crippen LogP contribution in [-0.2, 0) is 11.3 Å². The van der Waals surface area contributed by atoms with E-state index < -0.39 is 0 Å². The number of thiophene rings is 1. The highest BCUT2D eigenvalue weighted by Gasteiger charge is 2.20. The van der Waals surface area contributed by atoms with Crippen LogP contribution in [0.4, 0.5) is 0 Å². The molecular formula is C17H24N4O3S. The monoisotopic (exact) mass is 364 g/mol. The molecule has 0 radical (unpaired) electrons. The second-order valence-electron chi connectivity index (χ2n) is 6.05. The Labute approximate surface area is 150 Å². The third-order valence-corrected chi connectivity index (χ3v) is 5.20. The van der Waals surface area contributed by atoms with Gasteiger partial charge in [-0.05, 0) is 32.3 Å². The summed E-state index contributed by atoms with van der Waals surface area (Å²) in [4.78, 5) is 42.2. The molecule has 0 saturated heterocycles. The molecule has 0 fully saturated rings. The number of aromatic nitrogens is 2. The fourth-order valence-corrected chi connectivity index (χ4v) is 3.40. The van der Waals surface area contributed by atoms with Crippen molar-refractivity contribution in [3.63, 3.8) is 0 Å². The number of carbonyl (C=O) groups excluding carboxylic acids is 2. The zero-order valence-electron chi connectivity index (χ0n) is 15.0. The minimum absolute atomic E-state index is 0.0593. The van der Waals surface area contributed by atoms with E-state index in [1.807, 2.05) is 20.8 Å². The summed E-state index contributed by atoms with van der Waals surface area (Å²) >= 11 is 1.20. The standard InChI is InChI=1S/C17H24N4O3S/c1-5-7-18-12(22)8-21-9-19-16-13(17(21)24)11(4)14(25-16)15(23)20-10(3)6-2/h9-10H,5-8H2,1-4H3,(H,18,22)(H,20,23). The summed E-state index contributed by atoms with van der Waals surface area (Å²) in [6.45, 7) is 8.12. The van der Waals surface area contributed by atoms with Crippen molar-refractivity contribution in [2.75, 3.05) is 6.54 Å². The van der Waals surface area contributed by atoms with Crippen molar-refractivity contribution in [3.8, 4) is 0 Å². The summed E-state index contributed by atoms with van der Waals surface area (Å²) in [5.41, 5.74) is 0.314. The van der Waals surface area contributed by atoms with Gasteiger partial charge in [0.2, 0.25) is 5.91 Å². The van der Waals surface area contributed by atoms with E-state index in [0.29, 0.717) is 27.2 Å². The lowest BCUT2D eigenvalue weighted by atomic mass is 10.2. The predicted molar refractivity (Wildman–Crippen MR) is 99.1 cm³/mol. The third-order valence-electron chi connectivity index (χ3n) is 4.00. The van der Waals surface area contributed by atoms with Gasteiger partial charge in [0.1, 0.15) is 11.4 Å². The lowest BCUT2D eigenvalue weighted by molar-refractivity contribution is -0.121. The van der Waals surface area contributed by atoms with E-state index in [2.05, 4.69) is 15.6 Å². The van der Waals surface area contributed by atoms with Crippen LogP contribution in [0.1, 0.15) is 48.8 Å². The Bertz CT molecular complexity index is 840. The summed E-state index contributed by atoms with van der Waals surface area (Å²) < 4.78 is 1.28. The number of nitrogens with zero attached hydrogens (tertiary/aromatic N) is 2. The van der Waals surface area contributed by atoms with Crippen molar-refractivity contribution in [1.82, 2.24) is 20.2 Å². The van der Waals surface area contributed by atoms with Crippen LogP contribution in [0.5, 0.6) is 0 Å². The molecular weight excluding hydrogens is 340 g/mol. The summed E-state index contributed by atoms with van der Waals surface area (Å²) in [7, 11) is 0. The maximum Gasteiger partial charge on any atom is 0.262 e. The van der Waals surface area contributed by atoms with Crippen LogP contribution in [0.2, 0.25) is 0 Å². The Morgan fingerprint density at radius 1 is 1.36 bits per heavy atom. The van der Waals surface area contributed by atoms with Crippen LogP contribution in [0.3, 0.4) is 0 Å². The molecule has 1 atom stereocenters. The first-order valence-corrected chi connectivity index (χ1v) is 9.26. The maximum absolute atomic E-state index is 12.7. The molecule has 136 valence electrons. The molecule has 2 rings (SSSR count). The molecule has 0 aliphatic carbocycles. The number of aryl methyl sites for hydroxylation is 1. The van der Waals surface area contributed by atoms with E-state index in [4.69, 9.17) is 0 Å². The predicted octanol–water partition coefficient (Wildman–Crippen LogP) is 1.82. The van der Waals surface area contributed by atoms with Crippen molar-refractivity contribution >= 4 is 33.4 Å². The summed E-state index contributed by atoms with van der Waals surface area (Å²) in [5, 5.41) is 6.05. The lowest BCUT2D eigenvalue weighted by Crippen LogP contribution is -2.33. The fourth-order valence-electron chi connectivity index (χ4n) is 2.35. The highest BCUT2D eigenvalue weighted by atomic mass is 32.1. The summed E-state index contributed by atoms with van der Waals surface area (Å²) in [6, 6.07) is 0.0593. The number of amides is 2. The second kappa shape index (κ2) is 8.24. The number of hydrogen-bond acceptors (Lipinski definition) is 5. The van der Waals surface area contributed by atoms with Gasteiger partial charge < -0.3 is 10.6 Å². The van der Waals surface area contributed by atoms with Crippen molar-refractivity contribution in [1.29, 1.82) is 0 Å². The normalized spacial score (nSPS) is 12.2. The van der Waals surface area contributed by atoms with E-state index >= 15 is 0 Å². The fraction of sp³-hybridized carbons (Fsp3) is 0.529. The molecule has 0 bridgehead atoms. The molecule has 0 aliphatic rings. The maximum atomic E-state index is 12.7. The second-order valence-corrected chi connectivity index (χ2v) is 7.05. The van der Waals surface area contributed by atoms with Crippen LogP contribution in [0.15, 0.2) is 11.1 Å². The van der Waals surface area contributed by atoms with Gasteiger partial charge in [-0.3, -0.25) is 19.0 Å². The molecule has 0 aromatic carbocycles. The first-order chi connectivity index (χ1) is 11.9. The minimum Gasteiger partial charge on any atom is -0.355 e. The van der Waals surface area contributed by atoms with Gasteiger partial charge in [-0.2, -0.15) is 0 Å². The third kappa shape index (κ3) is 4.25. The van der Waals surface area contributed by atoms with Crippen LogP contribution in [0, 0.1) is 6.92 Å². The van der Waals surface area contributed by atoms with Crippen LogP contribution in [0.25, 0.3) is 10.2 Å². The first kappa shape index (κ1) is 19.1. The van der Waals surface area contributed by atoms with Crippen molar-refractivity contribution < 1.29 is 9.59 Å². The van der Waals surface area contributed by atoms with E-state index in [0.717, 1.165) is 12.8 Å². The first-order valence-electron chi connectivity index (χ1n) is 8.45. The van der Waals surface area contributed by atoms with E-state index in [-0.39, 0.29) is 30.0 Å². The minimum atomic E-state index is -0.298. The molecule has 2 amide bonds. The van der Waals surface area contributed by atoms with Crippen LogP contribution >= 0.6 is 11.3 Å². The van der Waals surface area contributed by atoms with Crippen molar-refractivity contribution in [2.45, 2.75) is 53.1 Å². The quantitative estimate of drug-likeness (QED) is 0.784. The Kier molecular flexibility index (Phi) is 6.30. The summed E-state index contributed by atoms with van der Waals surface area (Å²) in [6.07, 6.45) is 3.02. The van der Waals surface area contributed by atoms with Gasteiger partial charge in [0, 0.05) is 12.6 Å². The molecule has 2 N–H and O–H groups in total. The Hall–Kier alpha value is -2.22. The highest BCUT2D eigenvalue weighted by Crippen LogP contribution is 2.26. The van der Waals surface area contributed by atoms with Gasteiger partial charge in [0.25, 0.3) is 11.5 Å². The Balaban J connectivity index is 2.35. The average Bonchev–Trinajstić information content (AvgIpc) is 2.93. The van der Waals surface area contributed by atoms with Crippen LogP contribution < -0.4 is 16.2 Å². The topological polar surface area (TPSA) is 93.1 Å². The molecule has 2 aromatic rings. The molecule has 0 aliphatic heterocycles. The molecule has 2 aromatic heterocycles. The van der Waals surface area contributed by atoms with Gasteiger partial charge in [0.15, 0.2) is 0 Å². The summed E-state index contributed by atoms with van der Waals surface area (Å²) in [5.74, 6) is -0.422. The smallest absolute Gasteiger partial charge is 0.262 e. The molecule has 1 unspecified atom stereocenters. The molecule has 7 nitrogen and oxygen atoms in total. The zero-order chi connectivity index (χ0) is 18.6. The Morgan fingerprint density at radius 3 is 2.72 bits per heavy atom. The van der Waals surface area contributed by atoms with Gasteiger partial charge in [-0.1, -0.05) is 13.8 Å². The molecule has 0 saturated carbocycles. The zero-order valence-corrected chi connectivity index (χ0v) is 15.8. The SMILES string of the molecule is CCCNC(=O)Cn1cnc2sc(C(=O)NC(C)CC)c(C)c2c1=O. The lowest BCUT2D eigenvalue weighted by Gasteiger charge is -2.10. The van der Waals surface area contributed by atoms with E-state index in [9.17, 15) is 14.4 Å². The van der Waals surface area contributed by atoms with Gasteiger partial charge in [0.05, 0.1) is 16.6 Å². The largest absolute Gasteiger partial charge is 0.355 e. The molecule has 2 heterocycles.